The summed E-state index contributed by atoms with van der Waals surface area (Å²) in [5.41, 5.74) is 4.22. The Morgan fingerprint density at radius 3 is 2.59 bits per heavy atom. The standard InChI is InChI=1S/C25H22N6O2S/c1-3-33-23(32)25(14-6-9-20-21(25)27-24(26-20)34-2)15-16-10-12-17(13-11-16)18-7-4-5-8-19(18)22-28-30-31-29-22/h4-14H,3,15H2,1-2H3,(H,28,29,30,31). The highest BCUT2D eigenvalue weighted by Crippen LogP contribution is 2.39. The van der Waals surface area contributed by atoms with Crippen molar-refractivity contribution >= 4 is 28.6 Å². The zero-order valence-corrected chi connectivity index (χ0v) is 19.5. The van der Waals surface area contributed by atoms with Gasteiger partial charge in [-0.1, -0.05) is 72.4 Å². The molecule has 8 nitrogen and oxygen atoms in total. The summed E-state index contributed by atoms with van der Waals surface area (Å²) in [7, 11) is 0. The summed E-state index contributed by atoms with van der Waals surface area (Å²) in [4.78, 5) is 22.5. The first-order valence-corrected chi connectivity index (χ1v) is 12.1. The van der Waals surface area contributed by atoms with Crippen LogP contribution in [-0.2, 0) is 16.0 Å². The van der Waals surface area contributed by atoms with Gasteiger partial charge in [0.25, 0.3) is 0 Å². The second-order valence-electron chi connectivity index (χ2n) is 7.82. The first-order valence-electron chi connectivity index (χ1n) is 10.9. The van der Waals surface area contributed by atoms with Gasteiger partial charge < -0.3 is 4.74 Å². The van der Waals surface area contributed by atoms with Crippen LogP contribution in [0.3, 0.4) is 0 Å². The molecule has 0 radical (unpaired) electrons. The SMILES string of the molecule is CCOC(=O)C1(Cc2ccc(-c3ccccc3-c3nn[nH]n3)cc2)C=CC=C2N=C(SC)N=C21. The van der Waals surface area contributed by atoms with E-state index >= 15 is 0 Å². The van der Waals surface area contributed by atoms with Gasteiger partial charge in [0, 0.05) is 5.56 Å². The molecule has 1 aromatic heterocycles. The van der Waals surface area contributed by atoms with Gasteiger partial charge in [0.05, 0.1) is 18.0 Å². The Bertz CT molecular complexity index is 1340. The minimum absolute atomic E-state index is 0.294. The lowest BCUT2D eigenvalue weighted by molar-refractivity contribution is -0.148. The average Bonchev–Trinajstić information content (AvgIpc) is 3.55. The van der Waals surface area contributed by atoms with Crippen LogP contribution in [0.15, 0.2) is 82.4 Å². The second-order valence-corrected chi connectivity index (χ2v) is 8.59. The van der Waals surface area contributed by atoms with Crippen molar-refractivity contribution in [3.63, 3.8) is 0 Å². The molecule has 1 aliphatic heterocycles. The normalized spacial score (nSPS) is 18.7. The van der Waals surface area contributed by atoms with Crippen molar-refractivity contribution < 1.29 is 9.53 Å². The van der Waals surface area contributed by atoms with Gasteiger partial charge in [-0.2, -0.15) is 5.21 Å². The van der Waals surface area contributed by atoms with Gasteiger partial charge in [0.2, 0.25) is 5.82 Å². The summed E-state index contributed by atoms with van der Waals surface area (Å²) in [6.45, 7) is 2.11. The van der Waals surface area contributed by atoms with Gasteiger partial charge >= 0.3 is 5.97 Å². The number of nitrogens with zero attached hydrogens (tertiary/aromatic N) is 5. The maximum Gasteiger partial charge on any atom is 0.322 e. The Kier molecular flexibility index (Phi) is 5.93. The molecule has 2 aromatic carbocycles. The predicted octanol–water partition coefficient (Wildman–Crippen LogP) is 4.25. The van der Waals surface area contributed by atoms with E-state index in [9.17, 15) is 4.79 Å². The third kappa shape index (κ3) is 3.88. The van der Waals surface area contributed by atoms with E-state index in [1.54, 1.807) is 0 Å². The first kappa shape index (κ1) is 22.0. The molecule has 1 N–H and O–H groups in total. The largest absolute Gasteiger partial charge is 0.465 e. The van der Waals surface area contributed by atoms with Crippen molar-refractivity contribution in [3.05, 3.63) is 78.0 Å². The van der Waals surface area contributed by atoms with Crippen molar-refractivity contribution in [2.24, 2.45) is 15.4 Å². The minimum Gasteiger partial charge on any atom is -0.465 e. The number of rotatable bonds is 6. The molecule has 5 rings (SSSR count). The molecule has 0 saturated carbocycles. The van der Waals surface area contributed by atoms with Crippen LogP contribution in [0.2, 0.25) is 0 Å². The van der Waals surface area contributed by atoms with Crippen LogP contribution in [0.1, 0.15) is 12.5 Å². The molecule has 2 aliphatic rings. The Balaban J connectivity index is 1.49. The maximum atomic E-state index is 13.3. The third-order valence-corrected chi connectivity index (χ3v) is 6.35. The number of ether oxygens (including phenoxy) is 1. The summed E-state index contributed by atoms with van der Waals surface area (Å²) in [5.74, 6) is 0.219. The molecule has 0 fully saturated rings. The highest BCUT2D eigenvalue weighted by atomic mass is 32.2. The van der Waals surface area contributed by atoms with E-state index in [-0.39, 0.29) is 5.97 Å². The van der Waals surface area contributed by atoms with Crippen LogP contribution in [0, 0.1) is 5.41 Å². The highest BCUT2D eigenvalue weighted by molar-refractivity contribution is 8.13. The molecule has 3 aromatic rings. The molecule has 0 amide bonds. The number of aromatic amines is 1. The molecular formula is C25H22N6O2S. The van der Waals surface area contributed by atoms with E-state index in [1.165, 1.54) is 11.8 Å². The van der Waals surface area contributed by atoms with E-state index in [0.29, 0.717) is 35.4 Å². The van der Waals surface area contributed by atoms with Crippen molar-refractivity contribution in [1.82, 2.24) is 20.6 Å². The predicted molar refractivity (Wildman–Crippen MR) is 133 cm³/mol. The summed E-state index contributed by atoms with van der Waals surface area (Å²) in [5, 5.41) is 15.1. The fourth-order valence-corrected chi connectivity index (χ4v) is 4.59. The van der Waals surface area contributed by atoms with Crippen LogP contribution in [0.5, 0.6) is 0 Å². The van der Waals surface area contributed by atoms with Crippen LogP contribution in [-0.4, -0.2) is 50.3 Å². The van der Waals surface area contributed by atoms with Gasteiger partial charge in [0.15, 0.2) is 5.17 Å². The lowest BCUT2D eigenvalue weighted by Crippen LogP contribution is -2.42. The van der Waals surface area contributed by atoms with E-state index in [4.69, 9.17) is 4.74 Å². The van der Waals surface area contributed by atoms with Gasteiger partial charge in [-0.05, 0) is 47.6 Å². The van der Waals surface area contributed by atoms with Gasteiger partial charge in [-0.25, -0.2) is 9.98 Å². The minimum atomic E-state index is -1.02. The number of aromatic nitrogens is 4. The van der Waals surface area contributed by atoms with Crippen molar-refractivity contribution in [3.8, 4) is 22.5 Å². The number of allylic oxidation sites excluding steroid dienone is 3. The molecule has 0 spiro atoms. The number of H-pyrrole nitrogens is 1. The van der Waals surface area contributed by atoms with Gasteiger partial charge in [0.1, 0.15) is 5.41 Å². The Labute approximate surface area is 200 Å². The quantitative estimate of drug-likeness (QED) is 0.540. The second kappa shape index (κ2) is 9.18. The van der Waals surface area contributed by atoms with Crippen molar-refractivity contribution in [1.29, 1.82) is 0 Å². The number of esters is 1. The number of benzene rings is 2. The molecule has 1 atom stereocenters. The number of thioether (sulfide) groups is 1. The van der Waals surface area contributed by atoms with E-state index in [1.807, 2.05) is 79.9 Å². The average molecular weight is 471 g/mol. The molecule has 9 heteroatoms. The van der Waals surface area contributed by atoms with Gasteiger partial charge in [-0.15, -0.1) is 10.2 Å². The Morgan fingerprint density at radius 2 is 1.88 bits per heavy atom. The van der Waals surface area contributed by atoms with Crippen LogP contribution in [0.25, 0.3) is 22.5 Å². The van der Waals surface area contributed by atoms with Gasteiger partial charge in [-0.3, -0.25) is 4.79 Å². The summed E-state index contributed by atoms with van der Waals surface area (Å²) in [6, 6.07) is 16.0. The molecular weight excluding hydrogens is 448 g/mol. The number of fused-ring (bicyclic) bond motifs is 1. The molecule has 1 aliphatic carbocycles. The number of hydrogen-bond donors (Lipinski definition) is 1. The van der Waals surface area contributed by atoms with E-state index < -0.39 is 5.41 Å². The molecule has 170 valence electrons. The number of hydrogen-bond acceptors (Lipinski definition) is 8. The maximum absolute atomic E-state index is 13.3. The lowest BCUT2D eigenvalue weighted by atomic mass is 9.73. The van der Waals surface area contributed by atoms with Crippen molar-refractivity contribution in [2.75, 3.05) is 12.9 Å². The zero-order chi connectivity index (χ0) is 23.5. The molecule has 0 bridgehead atoms. The Morgan fingerprint density at radius 1 is 1.09 bits per heavy atom. The highest BCUT2D eigenvalue weighted by Gasteiger charge is 2.47. The number of carbonyl (C=O) groups is 1. The summed E-state index contributed by atoms with van der Waals surface area (Å²) in [6.07, 6.45) is 7.98. The monoisotopic (exact) mass is 470 g/mol. The summed E-state index contributed by atoms with van der Waals surface area (Å²) >= 11 is 1.46. The van der Waals surface area contributed by atoms with Crippen LogP contribution < -0.4 is 0 Å². The molecule has 2 heterocycles. The topological polar surface area (TPSA) is 105 Å². The summed E-state index contributed by atoms with van der Waals surface area (Å²) < 4.78 is 5.51. The number of amidine groups is 1. The van der Waals surface area contributed by atoms with E-state index in [0.717, 1.165) is 22.3 Å². The smallest absolute Gasteiger partial charge is 0.322 e. The third-order valence-electron chi connectivity index (χ3n) is 5.81. The number of nitrogens with one attached hydrogen (secondary N) is 1. The molecule has 1 unspecified atom stereocenters. The van der Waals surface area contributed by atoms with Crippen LogP contribution in [0.4, 0.5) is 0 Å². The van der Waals surface area contributed by atoms with E-state index in [2.05, 4.69) is 30.6 Å². The number of tetrazole rings is 1. The number of aliphatic imine (C=N–C) groups is 2. The lowest BCUT2D eigenvalue weighted by Gasteiger charge is -2.30. The fourth-order valence-electron chi connectivity index (χ4n) is 4.22. The zero-order valence-electron chi connectivity index (χ0n) is 18.7. The fraction of sp³-hybridized carbons (Fsp3) is 0.200. The van der Waals surface area contributed by atoms with Crippen molar-refractivity contribution in [2.45, 2.75) is 13.3 Å². The molecule has 34 heavy (non-hydrogen) atoms. The number of carbonyl (C=O) groups excluding carboxylic acids is 1. The molecule has 0 saturated heterocycles. The van der Waals surface area contributed by atoms with Crippen LogP contribution >= 0.6 is 11.8 Å². The Hall–Kier alpha value is -3.85. The first-order chi connectivity index (χ1) is 16.6.